The Morgan fingerprint density at radius 3 is 2.27 bits per heavy atom. The van der Waals surface area contributed by atoms with E-state index >= 15 is 0 Å². The van der Waals surface area contributed by atoms with Crippen LogP contribution in [0, 0.1) is 23.3 Å². The van der Waals surface area contributed by atoms with Gasteiger partial charge in [0.15, 0.2) is 29.5 Å². The summed E-state index contributed by atoms with van der Waals surface area (Å²) in [5.74, 6) is -6.06. The summed E-state index contributed by atoms with van der Waals surface area (Å²) in [4.78, 5) is -0.713. The van der Waals surface area contributed by atoms with Crippen molar-refractivity contribution >= 4 is 15.7 Å². The molecule has 0 aliphatic heterocycles. The molecule has 0 aliphatic carbocycles. The summed E-state index contributed by atoms with van der Waals surface area (Å²) in [5.41, 5.74) is -1.15. The summed E-state index contributed by atoms with van der Waals surface area (Å²) in [6, 6.07) is 0.940. The molecule has 0 saturated heterocycles. The fourth-order valence-electron chi connectivity index (χ4n) is 2.31. The molecule has 0 bridgehead atoms. The maximum atomic E-state index is 14.6. The van der Waals surface area contributed by atoms with Crippen molar-refractivity contribution < 1.29 is 31.1 Å². The van der Waals surface area contributed by atoms with Gasteiger partial charge in [0.25, 0.3) is 0 Å². The Balaban J connectivity index is 2.39. The Bertz CT molecular complexity index is 929. The van der Waals surface area contributed by atoms with Crippen molar-refractivity contribution in [2.75, 3.05) is 5.32 Å². The number of rotatable bonds is 6. The number of aryl methyl sites for hydroxylation is 1. The highest BCUT2D eigenvalue weighted by atomic mass is 32.2. The van der Waals surface area contributed by atoms with Crippen LogP contribution in [0.25, 0.3) is 0 Å². The molecule has 2 aromatic rings. The molecule has 26 heavy (non-hydrogen) atoms. The largest absolute Gasteiger partial charge is 0.368 e. The molecule has 1 heterocycles. The number of aromatic nitrogens is 1. The first-order valence-corrected chi connectivity index (χ1v) is 8.89. The van der Waals surface area contributed by atoms with Crippen molar-refractivity contribution in [3.8, 4) is 0 Å². The lowest BCUT2D eigenvalue weighted by molar-refractivity contribution is 0.193. The normalized spacial score (nSPS) is 13.3. The lowest BCUT2D eigenvalue weighted by atomic mass is 10.2. The summed E-state index contributed by atoms with van der Waals surface area (Å²) in [5, 5.41) is 12.2. The summed E-state index contributed by atoms with van der Waals surface area (Å²) in [6.07, 6.45) is -0.996. The molecule has 1 unspecified atom stereocenters. The number of halogens is 4. The van der Waals surface area contributed by atoms with Gasteiger partial charge < -0.3 is 15.0 Å². The van der Waals surface area contributed by atoms with Gasteiger partial charge in [-0.25, -0.2) is 30.7 Å². The number of hydrogen-bond donors (Lipinski definition) is 3. The molecule has 0 aliphatic rings. The zero-order valence-corrected chi connectivity index (χ0v) is 14.8. The van der Waals surface area contributed by atoms with Crippen LogP contribution in [0.2, 0.25) is 0 Å². The van der Waals surface area contributed by atoms with Crippen LogP contribution in [0.3, 0.4) is 0 Å². The van der Waals surface area contributed by atoms with Gasteiger partial charge in [-0.1, -0.05) is 0 Å². The highest BCUT2D eigenvalue weighted by Crippen LogP contribution is 2.28. The number of nitrogens with zero attached hydrogens (tertiary/aromatic N) is 1. The first kappa shape index (κ1) is 20.2. The van der Waals surface area contributed by atoms with Crippen LogP contribution in [-0.2, 0) is 17.1 Å². The van der Waals surface area contributed by atoms with E-state index in [4.69, 9.17) is 0 Å². The van der Waals surface area contributed by atoms with Gasteiger partial charge in [0.2, 0.25) is 10.0 Å². The van der Waals surface area contributed by atoms with E-state index in [9.17, 15) is 31.1 Å². The van der Waals surface area contributed by atoms with E-state index in [0.717, 1.165) is 16.8 Å². The second-order valence-electron chi connectivity index (χ2n) is 5.85. The van der Waals surface area contributed by atoms with E-state index in [1.54, 1.807) is 13.8 Å². The molecule has 1 aromatic heterocycles. The van der Waals surface area contributed by atoms with Crippen molar-refractivity contribution in [2.24, 2.45) is 7.05 Å². The van der Waals surface area contributed by atoms with Crippen LogP contribution in [0.15, 0.2) is 23.2 Å². The zero-order valence-electron chi connectivity index (χ0n) is 14.0. The number of aliphatic hydroxyl groups excluding tert-OH is 1. The van der Waals surface area contributed by atoms with Crippen molar-refractivity contribution in [2.45, 2.75) is 31.0 Å². The van der Waals surface area contributed by atoms with E-state index in [1.165, 1.54) is 7.05 Å². The van der Waals surface area contributed by atoms with Crippen molar-refractivity contribution in [1.29, 1.82) is 0 Å². The molecule has 0 saturated carbocycles. The minimum absolute atomic E-state index is 0.498. The zero-order chi connectivity index (χ0) is 19.8. The molecule has 144 valence electrons. The molecule has 6 nitrogen and oxygen atoms in total. The monoisotopic (exact) mass is 395 g/mol. The lowest BCUT2D eigenvalue weighted by Gasteiger charge is -2.16. The minimum atomic E-state index is -4.19. The second-order valence-corrected chi connectivity index (χ2v) is 7.53. The lowest BCUT2D eigenvalue weighted by Crippen LogP contribution is -2.30. The van der Waals surface area contributed by atoms with Gasteiger partial charge in [-0.3, -0.25) is 0 Å². The number of aliphatic hydroxyl groups is 1. The number of nitrogens with one attached hydrogen (secondary N) is 2. The number of anilines is 1. The summed E-state index contributed by atoms with van der Waals surface area (Å²) in [7, 11) is -2.92. The van der Waals surface area contributed by atoms with E-state index in [2.05, 4.69) is 10.0 Å². The van der Waals surface area contributed by atoms with Gasteiger partial charge in [-0.15, -0.1) is 0 Å². The standard InChI is InChI=1S/C15H17F4N3O3S/c1-7(2)21-26(24,25)10-6-22(3)14(13(10)19)15(23)20-9-5-4-8(16)11(17)12(9)18/h4-7,15,20-21,23H,1-3H3. The highest BCUT2D eigenvalue weighted by Gasteiger charge is 2.29. The van der Waals surface area contributed by atoms with Crippen LogP contribution in [0.1, 0.15) is 25.8 Å². The predicted octanol–water partition coefficient (Wildman–Crippen LogP) is 2.37. The summed E-state index contributed by atoms with van der Waals surface area (Å²) in [6.45, 7) is 3.09. The maximum absolute atomic E-state index is 14.6. The van der Waals surface area contributed by atoms with Crippen LogP contribution in [0.4, 0.5) is 23.2 Å². The smallest absolute Gasteiger partial charge is 0.245 e. The molecule has 3 N–H and O–H groups in total. The molecule has 11 heteroatoms. The van der Waals surface area contributed by atoms with Gasteiger partial charge in [0, 0.05) is 19.3 Å². The quantitative estimate of drug-likeness (QED) is 0.398. The van der Waals surface area contributed by atoms with Gasteiger partial charge in [-0.2, -0.15) is 0 Å². The van der Waals surface area contributed by atoms with E-state index in [-0.39, 0.29) is 0 Å². The Hall–Kier alpha value is -2.11. The van der Waals surface area contributed by atoms with Gasteiger partial charge in [-0.05, 0) is 26.0 Å². The van der Waals surface area contributed by atoms with E-state index in [0.29, 0.717) is 6.07 Å². The first-order valence-electron chi connectivity index (χ1n) is 7.40. The van der Waals surface area contributed by atoms with Crippen LogP contribution in [0.5, 0.6) is 0 Å². The Morgan fingerprint density at radius 1 is 1.08 bits per heavy atom. The van der Waals surface area contributed by atoms with E-state index < -0.39 is 61.8 Å². The molecule has 0 spiro atoms. The number of hydrogen-bond acceptors (Lipinski definition) is 4. The molecular formula is C15H17F4N3O3S. The minimum Gasteiger partial charge on any atom is -0.368 e. The maximum Gasteiger partial charge on any atom is 0.245 e. The molecule has 2 rings (SSSR count). The third-order valence-electron chi connectivity index (χ3n) is 3.40. The first-order chi connectivity index (χ1) is 12.0. The fourth-order valence-corrected chi connectivity index (χ4v) is 3.70. The third-order valence-corrected chi connectivity index (χ3v) is 5.04. The second kappa shape index (κ2) is 7.25. The Kier molecular flexibility index (Phi) is 5.64. The van der Waals surface area contributed by atoms with Crippen LogP contribution >= 0.6 is 0 Å². The van der Waals surface area contributed by atoms with Gasteiger partial charge >= 0.3 is 0 Å². The predicted molar refractivity (Wildman–Crippen MR) is 85.7 cm³/mol. The molecule has 1 atom stereocenters. The Morgan fingerprint density at radius 2 is 1.69 bits per heavy atom. The van der Waals surface area contributed by atoms with Crippen LogP contribution in [-0.4, -0.2) is 24.1 Å². The van der Waals surface area contributed by atoms with Crippen molar-refractivity contribution in [1.82, 2.24) is 9.29 Å². The van der Waals surface area contributed by atoms with Gasteiger partial charge in [0.1, 0.15) is 10.6 Å². The van der Waals surface area contributed by atoms with Crippen molar-refractivity contribution in [3.63, 3.8) is 0 Å². The van der Waals surface area contributed by atoms with E-state index in [1.807, 2.05) is 0 Å². The molecule has 0 radical (unpaired) electrons. The molecule has 1 aromatic carbocycles. The fraction of sp³-hybridized carbons (Fsp3) is 0.333. The third kappa shape index (κ3) is 3.84. The van der Waals surface area contributed by atoms with Crippen LogP contribution < -0.4 is 10.0 Å². The average molecular weight is 395 g/mol. The molecule has 0 fully saturated rings. The highest BCUT2D eigenvalue weighted by molar-refractivity contribution is 7.89. The topological polar surface area (TPSA) is 83.4 Å². The average Bonchev–Trinajstić information content (AvgIpc) is 2.82. The van der Waals surface area contributed by atoms with Crippen molar-refractivity contribution in [3.05, 3.63) is 47.3 Å². The Labute approximate surface area is 147 Å². The summed E-state index contributed by atoms with van der Waals surface area (Å²) >= 11 is 0. The number of benzene rings is 1. The van der Waals surface area contributed by atoms with Gasteiger partial charge in [0.05, 0.1) is 5.69 Å². The molecular weight excluding hydrogens is 378 g/mol. The SMILES string of the molecule is CC(C)NS(=O)(=O)c1cn(C)c(C(O)Nc2ccc(F)c(F)c2F)c1F. The molecule has 0 amide bonds. The summed E-state index contributed by atoms with van der Waals surface area (Å²) < 4.78 is 81.9. The number of sulfonamides is 1.